The monoisotopic (exact) mass is 373 g/mol. The quantitative estimate of drug-likeness (QED) is 0.753. The van der Waals surface area contributed by atoms with Gasteiger partial charge < -0.3 is 20.3 Å². The van der Waals surface area contributed by atoms with Gasteiger partial charge in [0.05, 0.1) is 6.04 Å². The number of benzene rings is 1. The molecule has 146 valence electrons. The van der Waals surface area contributed by atoms with Crippen molar-refractivity contribution < 1.29 is 13.9 Å². The van der Waals surface area contributed by atoms with Crippen LogP contribution in [0.15, 0.2) is 41.9 Å². The number of rotatable bonds is 6. The van der Waals surface area contributed by atoms with Crippen LogP contribution in [0, 0.1) is 12.7 Å². The van der Waals surface area contributed by atoms with E-state index in [1.54, 1.807) is 6.07 Å². The summed E-state index contributed by atoms with van der Waals surface area (Å²) in [5.74, 6) is 0.385. The Kier molecular flexibility index (Phi) is 6.16. The van der Waals surface area contributed by atoms with Crippen LogP contribution in [-0.2, 0) is 9.53 Å². The number of allylic oxidation sites excluding steroid dienone is 1. The van der Waals surface area contributed by atoms with Crippen molar-refractivity contribution in [3.8, 4) is 0 Å². The van der Waals surface area contributed by atoms with E-state index in [2.05, 4.69) is 22.1 Å². The number of amides is 1. The summed E-state index contributed by atoms with van der Waals surface area (Å²) >= 11 is 0. The van der Waals surface area contributed by atoms with E-state index in [1.165, 1.54) is 6.07 Å². The maximum Gasteiger partial charge on any atom is 0.212 e. The lowest BCUT2D eigenvalue weighted by atomic mass is 9.92. The number of aryl methyl sites for hydroxylation is 1. The molecule has 5 nitrogen and oxygen atoms in total. The van der Waals surface area contributed by atoms with Gasteiger partial charge in [0.25, 0.3) is 0 Å². The van der Waals surface area contributed by atoms with Gasteiger partial charge in [0.1, 0.15) is 11.6 Å². The van der Waals surface area contributed by atoms with Crippen molar-refractivity contribution in [3.63, 3.8) is 0 Å². The summed E-state index contributed by atoms with van der Waals surface area (Å²) in [7, 11) is 2.04. The normalized spacial score (nSPS) is 20.8. The molecular formula is C21H28FN3O2. The van der Waals surface area contributed by atoms with Crippen molar-refractivity contribution >= 4 is 6.41 Å². The predicted molar refractivity (Wildman–Crippen MR) is 103 cm³/mol. The van der Waals surface area contributed by atoms with E-state index in [4.69, 9.17) is 4.74 Å². The first-order valence-electron chi connectivity index (χ1n) is 9.47. The molecule has 0 aromatic heterocycles. The van der Waals surface area contributed by atoms with Crippen molar-refractivity contribution in [2.45, 2.75) is 44.7 Å². The van der Waals surface area contributed by atoms with Gasteiger partial charge in [-0.2, -0.15) is 0 Å². The van der Waals surface area contributed by atoms with Gasteiger partial charge in [-0.05, 0) is 38.7 Å². The molecule has 6 heteroatoms. The Morgan fingerprint density at radius 2 is 2.11 bits per heavy atom. The first-order valence-corrected chi connectivity index (χ1v) is 9.47. The van der Waals surface area contributed by atoms with Crippen molar-refractivity contribution in [1.29, 1.82) is 0 Å². The molecule has 2 aliphatic rings. The number of halogens is 1. The van der Waals surface area contributed by atoms with E-state index < -0.39 is 0 Å². The third kappa shape index (κ3) is 4.33. The molecule has 0 aliphatic carbocycles. The molecule has 0 radical (unpaired) electrons. The first-order chi connectivity index (χ1) is 13.0. The van der Waals surface area contributed by atoms with Crippen LogP contribution in [0.5, 0.6) is 0 Å². The van der Waals surface area contributed by atoms with Crippen molar-refractivity contribution in [2.24, 2.45) is 0 Å². The zero-order chi connectivity index (χ0) is 19.4. The number of nitrogens with one attached hydrogen (secondary N) is 2. The number of nitrogens with zero attached hydrogens (tertiary/aromatic N) is 1. The Labute approximate surface area is 160 Å². The highest BCUT2D eigenvalue weighted by Gasteiger charge is 2.28. The van der Waals surface area contributed by atoms with Crippen molar-refractivity contribution in [1.82, 2.24) is 15.5 Å². The molecule has 1 unspecified atom stereocenters. The van der Waals surface area contributed by atoms with Crippen LogP contribution in [0.25, 0.3) is 0 Å². The first kappa shape index (κ1) is 19.4. The minimum Gasteiger partial charge on any atom is -0.381 e. The summed E-state index contributed by atoms with van der Waals surface area (Å²) in [5.41, 5.74) is 3.50. The minimum atomic E-state index is -0.231. The van der Waals surface area contributed by atoms with Gasteiger partial charge in [0.15, 0.2) is 0 Å². The number of carbonyl (C=O) groups excluding carboxylic acids is 1. The van der Waals surface area contributed by atoms with Gasteiger partial charge in [0, 0.05) is 43.1 Å². The van der Waals surface area contributed by atoms with Gasteiger partial charge in [-0.25, -0.2) is 4.39 Å². The highest BCUT2D eigenvalue weighted by atomic mass is 19.1. The van der Waals surface area contributed by atoms with Gasteiger partial charge in [-0.15, -0.1) is 0 Å². The van der Waals surface area contributed by atoms with E-state index in [1.807, 2.05) is 20.0 Å². The summed E-state index contributed by atoms with van der Waals surface area (Å²) in [6.07, 6.45) is 4.03. The second-order valence-electron chi connectivity index (χ2n) is 7.28. The molecule has 27 heavy (non-hydrogen) atoms. The molecule has 1 fully saturated rings. The molecule has 1 amide bonds. The largest absolute Gasteiger partial charge is 0.381 e. The summed E-state index contributed by atoms with van der Waals surface area (Å²) in [6, 6.07) is 5.31. The third-order valence-electron chi connectivity index (χ3n) is 5.55. The van der Waals surface area contributed by atoms with Gasteiger partial charge >= 0.3 is 0 Å². The van der Waals surface area contributed by atoms with Crippen LogP contribution in [0.2, 0.25) is 0 Å². The third-order valence-corrected chi connectivity index (χ3v) is 5.55. The zero-order valence-electron chi connectivity index (χ0n) is 16.1. The minimum absolute atomic E-state index is 0.183. The smallest absolute Gasteiger partial charge is 0.212 e. The Hall–Kier alpha value is -2.34. The lowest BCUT2D eigenvalue weighted by Crippen LogP contribution is -2.40. The number of likely N-dealkylation sites (N-methyl/N-ethyl adjacent to an activating group) is 1. The van der Waals surface area contributed by atoms with Gasteiger partial charge in [-0.1, -0.05) is 24.3 Å². The molecule has 2 heterocycles. The summed E-state index contributed by atoms with van der Waals surface area (Å²) < 4.78 is 19.8. The molecule has 2 N–H and O–H groups in total. The molecule has 1 atom stereocenters. The number of carbonyl (C=O) groups is 1. The predicted octanol–water partition coefficient (Wildman–Crippen LogP) is 3.14. The fourth-order valence-electron chi connectivity index (χ4n) is 3.89. The fourth-order valence-corrected chi connectivity index (χ4v) is 3.89. The maximum atomic E-state index is 14.3. The molecule has 0 bridgehead atoms. The van der Waals surface area contributed by atoms with Crippen molar-refractivity contribution in [2.75, 3.05) is 20.3 Å². The van der Waals surface area contributed by atoms with Crippen LogP contribution >= 0.6 is 0 Å². The number of ether oxygens (including phenoxy) is 1. The molecule has 1 aromatic carbocycles. The molecule has 1 aromatic rings. The average Bonchev–Trinajstić information content (AvgIpc) is 2.69. The number of hydrogen-bond donors (Lipinski definition) is 2. The SMILES string of the molecule is C=C(C1=C(NC=O)NC(c2cc(C)ccc2F)CC1)N(C)C1CCOCC1. The van der Waals surface area contributed by atoms with Crippen molar-refractivity contribution in [3.05, 3.63) is 58.8 Å². The average molecular weight is 373 g/mol. The van der Waals surface area contributed by atoms with Gasteiger partial charge in [-0.3, -0.25) is 4.79 Å². The van der Waals surface area contributed by atoms with E-state index in [9.17, 15) is 9.18 Å². The summed E-state index contributed by atoms with van der Waals surface area (Å²) in [6.45, 7) is 7.73. The molecule has 2 aliphatic heterocycles. The molecule has 0 saturated carbocycles. The zero-order valence-corrected chi connectivity index (χ0v) is 16.1. The molecule has 0 spiro atoms. The van der Waals surface area contributed by atoms with Crippen LogP contribution in [0.4, 0.5) is 4.39 Å². The maximum absolute atomic E-state index is 14.3. The Balaban J connectivity index is 1.82. The van der Waals surface area contributed by atoms with Crippen LogP contribution < -0.4 is 10.6 Å². The van der Waals surface area contributed by atoms with E-state index >= 15 is 0 Å². The molecule has 1 saturated heterocycles. The van der Waals surface area contributed by atoms with E-state index in [-0.39, 0.29) is 11.9 Å². The highest BCUT2D eigenvalue weighted by molar-refractivity contribution is 5.52. The molecular weight excluding hydrogens is 345 g/mol. The van der Waals surface area contributed by atoms with Crippen LogP contribution in [0.3, 0.4) is 0 Å². The highest BCUT2D eigenvalue weighted by Crippen LogP contribution is 2.34. The Bertz CT molecular complexity index is 741. The van der Waals surface area contributed by atoms with Crippen LogP contribution in [-0.4, -0.2) is 37.6 Å². The lowest BCUT2D eigenvalue weighted by Gasteiger charge is -2.37. The topological polar surface area (TPSA) is 53.6 Å². The lowest BCUT2D eigenvalue weighted by molar-refractivity contribution is -0.109. The van der Waals surface area contributed by atoms with E-state index in [0.717, 1.165) is 49.3 Å². The molecule has 3 rings (SSSR count). The summed E-state index contributed by atoms with van der Waals surface area (Å²) in [5, 5.41) is 6.07. The second kappa shape index (κ2) is 8.57. The second-order valence-corrected chi connectivity index (χ2v) is 7.28. The van der Waals surface area contributed by atoms with E-state index in [0.29, 0.717) is 30.3 Å². The Morgan fingerprint density at radius 1 is 1.37 bits per heavy atom. The standard InChI is InChI=1S/C21H28FN3O2/c1-14-4-6-19(22)18(12-14)20-7-5-17(21(24-20)23-13-26)15(2)25(3)16-8-10-27-11-9-16/h4,6,12-13,16,20,24H,2,5,7-11H2,1,3H3,(H,23,26). The summed E-state index contributed by atoms with van der Waals surface area (Å²) in [4.78, 5) is 13.3. The van der Waals surface area contributed by atoms with Gasteiger partial charge in [0.2, 0.25) is 6.41 Å². The Morgan fingerprint density at radius 3 is 2.81 bits per heavy atom. The fraction of sp³-hybridized carbons (Fsp3) is 0.476. The van der Waals surface area contributed by atoms with Crippen LogP contribution in [0.1, 0.15) is 42.9 Å². The number of hydrogen-bond acceptors (Lipinski definition) is 4.